The van der Waals surface area contributed by atoms with Crippen molar-refractivity contribution in [2.75, 3.05) is 0 Å². The molecule has 1 heterocycles. The van der Waals surface area contributed by atoms with Crippen LogP contribution in [0.3, 0.4) is 0 Å². The van der Waals surface area contributed by atoms with E-state index in [-0.39, 0.29) is 0 Å². The molecule has 0 bridgehead atoms. The van der Waals surface area contributed by atoms with Gasteiger partial charge in [0.15, 0.2) is 5.06 Å². The van der Waals surface area contributed by atoms with Gasteiger partial charge in [-0.15, -0.1) is 11.3 Å². The zero-order chi connectivity index (χ0) is 10.1. The van der Waals surface area contributed by atoms with E-state index in [1.807, 2.05) is 18.4 Å². The molecular formula is C9H12O3S. The van der Waals surface area contributed by atoms with Gasteiger partial charge in [0.2, 0.25) is 5.60 Å². The van der Waals surface area contributed by atoms with Crippen LogP contribution in [0, 0.1) is 6.92 Å². The largest absolute Gasteiger partial charge is 0.478 e. The first-order valence-corrected chi connectivity index (χ1v) is 4.77. The molecule has 0 aromatic carbocycles. The lowest BCUT2D eigenvalue weighted by Gasteiger charge is -2.19. The lowest BCUT2D eigenvalue weighted by Crippen LogP contribution is -2.37. The lowest BCUT2D eigenvalue weighted by molar-refractivity contribution is -0.151. The van der Waals surface area contributed by atoms with Gasteiger partial charge >= 0.3 is 5.97 Å². The molecule has 0 atom stereocenters. The maximum atomic E-state index is 10.7. The molecule has 0 saturated heterocycles. The summed E-state index contributed by atoms with van der Waals surface area (Å²) in [5.74, 6) is -0.960. The van der Waals surface area contributed by atoms with E-state index < -0.39 is 11.6 Å². The van der Waals surface area contributed by atoms with Gasteiger partial charge in [0.05, 0.1) is 0 Å². The Balaban J connectivity index is 2.74. The number of aryl methyl sites for hydroxylation is 1. The second-order valence-electron chi connectivity index (χ2n) is 3.36. The second-order valence-corrected chi connectivity index (χ2v) is 4.23. The van der Waals surface area contributed by atoms with Crippen LogP contribution in [-0.4, -0.2) is 16.7 Å². The molecule has 0 aliphatic heterocycles. The van der Waals surface area contributed by atoms with Crippen LogP contribution >= 0.6 is 11.3 Å². The van der Waals surface area contributed by atoms with Crippen molar-refractivity contribution in [3.8, 4) is 5.06 Å². The Morgan fingerprint density at radius 2 is 2.23 bits per heavy atom. The van der Waals surface area contributed by atoms with E-state index in [4.69, 9.17) is 9.84 Å². The van der Waals surface area contributed by atoms with Gasteiger partial charge in [0.1, 0.15) is 0 Å². The van der Waals surface area contributed by atoms with Gasteiger partial charge in [0.25, 0.3) is 0 Å². The van der Waals surface area contributed by atoms with Crippen LogP contribution in [0.4, 0.5) is 0 Å². The molecule has 72 valence electrons. The Morgan fingerprint density at radius 1 is 1.62 bits per heavy atom. The third kappa shape index (κ3) is 2.45. The van der Waals surface area contributed by atoms with Gasteiger partial charge in [0, 0.05) is 0 Å². The van der Waals surface area contributed by atoms with Crippen molar-refractivity contribution in [2.24, 2.45) is 0 Å². The van der Waals surface area contributed by atoms with Crippen LogP contribution in [-0.2, 0) is 4.79 Å². The predicted octanol–water partition coefficient (Wildman–Crippen LogP) is 2.30. The second kappa shape index (κ2) is 3.38. The first kappa shape index (κ1) is 10.1. The van der Waals surface area contributed by atoms with Gasteiger partial charge in [-0.05, 0) is 37.8 Å². The zero-order valence-corrected chi connectivity index (χ0v) is 8.64. The smallest absolute Gasteiger partial charge is 0.347 e. The Bertz CT molecular complexity index is 314. The van der Waals surface area contributed by atoms with Gasteiger partial charge in [-0.1, -0.05) is 0 Å². The molecule has 1 N–H and O–H groups in total. The third-order valence-electron chi connectivity index (χ3n) is 1.58. The van der Waals surface area contributed by atoms with Gasteiger partial charge < -0.3 is 9.84 Å². The predicted molar refractivity (Wildman–Crippen MR) is 51.4 cm³/mol. The first-order valence-electron chi connectivity index (χ1n) is 3.89. The standard InChI is InChI=1S/C9H12O3S/c1-6-4-7(13-5-6)12-9(2,3)8(10)11/h4-5H,1-3H3,(H,10,11). The number of rotatable bonds is 3. The van der Waals surface area contributed by atoms with Crippen molar-refractivity contribution in [3.63, 3.8) is 0 Å². The van der Waals surface area contributed by atoms with Crippen LogP contribution < -0.4 is 4.74 Å². The monoisotopic (exact) mass is 200 g/mol. The molecule has 0 unspecified atom stereocenters. The quantitative estimate of drug-likeness (QED) is 0.814. The highest BCUT2D eigenvalue weighted by molar-refractivity contribution is 7.12. The summed E-state index contributed by atoms with van der Waals surface area (Å²) in [5, 5.41) is 11.4. The molecule has 4 heteroatoms. The number of carbonyl (C=O) groups is 1. The van der Waals surface area contributed by atoms with Crippen LogP contribution in [0.25, 0.3) is 0 Å². The van der Waals surface area contributed by atoms with Gasteiger partial charge in [-0.25, -0.2) is 4.79 Å². The summed E-state index contributed by atoms with van der Waals surface area (Å²) in [7, 11) is 0. The average molecular weight is 200 g/mol. The molecule has 0 amide bonds. The van der Waals surface area contributed by atoms with E-state index in [0.29, 0.717) is 5.06 Å². The number of hydrogen-bond donors (Lipinski definition) is 1. The number of carboxylic acid groups (broad SMARTS) is 1. The van der Waals surface area contributed by atoms with E-state index >= 15 is 0 Å². The van der Waals surface area contributed by atoms with Crippen LogP contribution in [0.5, 0.6) is 5.06 Å². The summed E-state index contributed by atoms with van der Waals surface area (Å²) >= 11 is 1.41. The fourth-order valence-electron chi connectivity index (χ4n) is 0.754. The van der Waals surface area contributed by atoms with Crippen molar-refractivity contribution in [1.82, 2.24) is 0 Å². The molecule has 0 aliphatic rings. The number of ether oxygens (including phenoxy) is 1. The minimum atomic E-state index is -1.16. The summed E-state index contributed by atoms with van der Waals surface area (Å²) in [6.07, 6.45) is 0. The number of carboxylic acids is 1. The molecule has 3 nitrogen and oxygen atoms in total. The topological polar surface area (TPSA) is 46.5 Å². The van der Waals surface area contributed by atoms with Crippen LogP contribution in [0.1, 0.15) is 19.4 Å². The van der Waals surface area contributed by atoms with E-state index in [0.717, 1.165) is 5.56 Å². The summed E-state index contributed by atoms with van der Waals surface area (Å²) in [4.78, 5) is 10.7. The normalized spacial score (nSPS) is 11.3. The highest BCUT2D eigenvalue weighted by Crippen LogP contribution is 2.26. The van der Waals surface area contributed by atoms with Crippen LogP contribution in [0.15, 0.2) is 11.4 Å². The van der Waals surface area contributed by atoms with Crippen molar-refractivity contribution in [1.29, 1.82) is 0 Å². The van der Waals surface area contributed by atoms with Gasteiger partial charge in [-0.2, -0.15) is 0 Å². The maximum absolute atomic E-state index is 10.7. The average Bonchev–Trinajstić information content (AvgIpc) is 2.34. The molecule has 0 spiro atoms. The van der Waals surface area contributed by atoms with Crippen molar-refractivity contribution < 1.29 is 14.6 Å². The van der Waals surface area contributed by atoms with E-state index in [1.165, 1.54) is 25.2 Å². The fourth-order valence-corrected chi connectivity index (χ4v) is 1.63. The van der Waals surface area contributed by atoms with E-state index in [2.05, 4.69) is 0 Å². The van der Waals surface area contributed by atoms with E-state index in [9.17, 15) is 4.79 Å². The molecule has 0 aliphatic carbocycles. The number of aliphatic carboxylic acids is 1. The molecular weight excluding hydrogens is 188 g/mol. The van der Waals surface area contributed by atoms with Crippen molar-refractivity contribution >= 4 is 17.3 Å². The molecule has 0 fully saturated rings. The van der Waals surface area contributed by atoms with Crippen LogP contribution in [0.2, 0.25) is 0 Å². The molecule has 13 heavy (non-hydrogen) atoms. The maximum Gasteiger partial charge on any atom is 0.347 e. The highest BCUT2D eigenvalue weighted by atomic mass is 32.1. The first-order chi connectivity index (χ1) is 5.92. The minimum absolute atomic E-state index is 0.643. The number of thiophene rings is 1. The Labute approximate surface area is 81.0 Å². The summed E-state index contributed by atoms with van der Waals surface area (Å²) in [6, 6.07) is 1.83. The third-order valence-corrected chi connectivity index (χ3v) is 2.50. The van der Waals surface area contributed by atoms with Crippen molar-refractivity contribution in [3.05, 3.63) is 17.0 Å². The molecule has 1 aromatic rings. The SMILES string of the molecule is Cc1csc(OC(C)(C)C(=O)O)c1. The molecule has 1 aromatic heterocycles. The summed E-state index contributed by atoms with van der Waals surface area (Å²) in [5.41, 5.74) is -0.0710. The summed E-state index contributed by atoms with van der Waals surface area (Å²) in [6.45, 7) is 5.01. The summed E-state index contributed by atoms with van der Waals surface area (Å²) < 4.78 is 5.30. The molecule has 0 saturated carbocycles. The zero-order valence-electron chi connectivity index (χ0n) is 7.83. The molecule has 1 rings (SSSR count). The lowest BCUT2D eigenvalue weighted by atomic mass is 10.1. The van der Waals surface area contributed by atoms with Gasteiger partial charge in [-0.3, -0.25) is 0 Å². The Hall–Kier alpha value is -1.03. The Morgan fingerprint density at radius 3 is 2.62 bits per heavy atom. The highest BCUT2D eigenvalue weighted by Gasteiger charge is 2.29. The van der Waals surface area contributed by atoms with E-state index in [1.54, 1.807) is 0 Å². The fraction of sp³-hybridized carbons (Fsp3) is 0.444. The number of hydrogen-bond acceptors (Lipinski definition) is 3. The van der Waals surface area contributed by atoms with Crippen molar-refractivity contribution in [2.45, 2.75) is 26.4 Å². The molecule has 0 radical (unpaired) electrons. The minimum Gasteiger partial charge on any atom is -0.478 e. The Kier molecular flexibility index (Phi) is 2.61.